The molecule has 0 saturated heterocycles. The monoisotopic (exact) mass is 406 g/mol. The average Bonchev–Trinajstić information content (AvgIpc) is 2.73. The van der Waals surface area contributed by atoms with Crippen LogP contribution in [0.5, 0.6) is 0 Å². The van der Waals surface area contributed by atoms with E-state index in [-0.39, 0.29) is 10.9 Å². The lowest BCUT2D eigenvalue weighted by Crippen LogP contribution is -2.26. The van der Waals surface area contributed by atoms with E-state index < -0.39 is 10.0 Å². The van der Waals surface area contributed by atoms with Crippen molar-refractivity contribution in [3.63, 3.8) is 0 Å². The summed E-state index contributed by atoms with van der Waals surface area (Å²) in [7, 11) is -2.06. The normalized spacial score (nSPS) is 17.9. The first-order valence-corrected chi connectivity index (χ1v) is 11.4. The maximum Gasteiger partial charge on any atom is 0.264 e. The standard InChI is InChI=1S/C21H27ClN2O2S/c1-3-4-5-6-9-14-23-21-17-10-7-8-11-19(17)24(2)27(25,26)20-15-16(22)12-13-18(20)21/h7-8,10-13,15,21,23H,3-6,9,14H2,1-2H3/t21-/m0/s1. The Hall–Kier alpha value is -1.56. The fourth-order valence-corrected chi connectivity index (χ4v) is 5.34. The molecule has 0 spiro atoms. The first-order chi connectivity index (χ1) is 13.0. The fraction of sp³-hybridized carbons (Fsp3) is 0.429. The molecule has 0 radical (unpaired) electrons. The molecule has 6 heteroatoms. The van der Waals surface area contributed by atoms with Crippen LogP contribution in [-0.2, 0) is 10.0 Å². The molecule has 0 fully saturated rings. The molecule has 0 aromatic heterocycles. The average molecular weight is 407 g/mol. The maximum absolute atomic E-state index is 13.2. The van der Waals surface area contributed by atoms with Crippen molar-refractivity contribution in [2.45, 2.75) is 50.0 Å². The van der Waals surface area contributed by atoms with E-state index in [0.717, 1.165) is 24.1 Å². The van der Waals surface area contributed by atoms with Crippen LogP contribution in [0.3, 0.4) is 0 Å². The molecule has 1 heterocycles. The molecule has 0 aliphatic carbocycles. The van der Waals surface area contributed by atoms with Gasteiger partial charge in [0.05, 0.1) is 16.6 Å². The van der Waals surface area contributed by atoms with Crippen LogP contribution in [0, 0.1) is 0 Å². The Bertz CT molecular complexity index is 899. The number of nitrogens with zero attached hydrogens (tertiary/aromatic N) is 1. The van der Waals surface area contributed by atoms with Crippen molar-refractivity contribution in [2.24, 2.45) is 0 Å². The molecule has 4 nitrogen and oxygen atoms in total. The third-order valence-corrected chi connectivity index (χ3v) is 7.20. The second-order valence-corrected chi connectivity index (χ2v) is 9.39. The van der Waals surface area contributed by atoms with Crippen LogP contribution in [0.1, 0.15) is 56.2 Å². The summed E-state index contributed by atoms with van der Waals surface area (Å²) < 4.78 is 27.7. The molecule has 1 N–H and O–H groups in total. The van der Waals surface area contributed by atoms with Crippen molar-refractivity contribution >= 4 is 27.3 Å². The van der Waals surface area contributed by atoms with Gasteiger partial charge in [0.1, 0.15) is 0 Å². The summed E-state index contributed by atoms with van der Waals surface area (Å²) in [6.45, 7) is 3.05. The zero-order valence-electron chi connectivity index (χ0n) is 15.9. The molecule has 1 aliphatic rings. The van der Waals surface area contributed by atoms with Gasteiger partial charge < -0.3 is 5.32 Å². The van der Waals surface area contributed by atoms with Crippen LogP contribution in [0.15, 0.2) is 47.4 Å². The van der Waals surface area contributed by atoms with Crippen LogP contribution in [0.25, 0.3) is 0 Å². The van der Waals surface area contributed by atoms with Crippen molar-refractivity contribution in [3.05, 3.63) is 58.6 Å². The number of halogens is 1. The van der Waals surface area contributed by atoms with Gasteiger partial charge in [-0.15, -0.1) is 0 Å². The molecule has 0 bridgehead atoms. The van der Waals surface area contributed by atoms with Gasteiger partial charge in [0.15, 0.2) is 0 Å². The summed E-state index contributed by atoms with van der Waals surface area (Å²) in [4.78, 5) is 0.275. The lowest BCUT2D eigenvalue weighted by atomic mass is 9.96. The highest BCUT2D eigenvalue weighted by molar-refractivity contribution is 7.92. The van der Waals surface area contributed by atoms with Crippen LogP contribution < -0.4 is 9.62 Å². The number of unbranched alkanes of at least 4 members (excludes halogenated alkanes) is 4. The number of sulfonamides is 1. The van der Waals surface area contributed by atoms with Crippen molar-refractivity contribution in [2.75, 3.05) is 17.9 Å². The molecule has 0 amide bonds. The lowest BCUT2D eigenvalue weighted by Gasteiger charge is -2.22. The summed E-state index contributed by atoms with van der Waals surface area (Å²) >= 11 is 6.14. The molecule has 2 aromatic carbocycles. The number of hydrogen-bond acceptors (Lipinski definition) is 3. The Morgan fingerprint density at radius 2 is 1.78 bits per heavy atom. The third kappa shape index (κ3) is 4.15. The van der Waals surface area contributed by atoms with E-state index in [1.807, 2.05) is 30.3 Å². The molecule has 1 atom stereocenters. The van der Waals surface area contributed by atoms with E-state index in [4.69, 9.17) is 11.6 Å². The van der Waals surface area contributed by atoms with E-state index in [2.05, 4.69) is 12.2 Å². The summed E-state index contributed by atoms with van der Waals surface area (Å²) in [5.41, 5.74) is 2.43. The number of hydrogen-bond donors (Lipinski definition) is 1. The van der Waals surface area contributed by atoms with Gasteiger partial charge in [0.2, 0.25) is 0 Å². The van der Waals surface area contributed by atoms with Gasteiger partial charge in [-0.1, -0.05) is 68.5 Å². The highest BCUT2D eigenvalue weighted by atomic mass is 35.5. The maximum atomic E-state index is 13.2. The molecule has 1 aliphatic heterocycles. The predicted octanol–water partition coefficient (Wildman–Crippen LogP) is 5.13. The van der Waals surface area contributed by atoms with Crippen molar-refractivity contribution < 1.29 is 8.42 Å². The zero-order chi connectivity index (χ0) is 19.4. The minimum absolute atomic E-state index is 0.181. The number of fused-ring (bicyclic) bond motifs is 2. The number of para-hydroxylation sites is 1. The molecule has 0 unspecified atom stereocenters. The Balaban J connectivity index is 1.98. The Morgan fingerprint density at radius 3 is 2.56 bits per heavy atom. The number of rotatable bonds is 7. The topological polar surface area (TPSA) is 49.4 Å². The molecule has 3 rings (SSSR count). The van der Waals surface area contributed by atoms with Gasteiger partial charge in [-0.3, -0.25) is 4.31 Å². The van der Waals surface area contributed by atoms with E-state index in [9.17, 15) is 8.42 Å². The molecule has 2 aromatic rings. The van der Waals surface area contributed by atoms with Crippen LogP contribution in [0.4, 0.5) is 5.69 Å². The van der Waals surface area contributed by atoms with Gasteiger partial charge in [-0.05, 0) is 42.3 Å². The summed E-state index contributed by atoms with van der Waals surface area (Å²) in [5.74, 6) is 0. The largest absolute Gasteiger partial charge is 0.306 e. The first kappa shape index (κ1) is 20.2. The summed E-state index contributed by atoms with van der Waals surface area (Å²) in [6, 6.07) is 12.7. The van der Waals surface area contributed by atoms with Gasteiger partial charge in [-0.2, -0.15) is 0 Å². The molecule has 27 heavy (non-hydrogen) atoms. The number of anilines is 1. The Labute approximate surface area is 167 Å². The number of benzene rings is 2. The van der Waals surface area contributed by atoms with Gasteiger partial charge in [0, 0.05) is 12.1 Å². The Kier molecular flexibility index (Phi) is 6.45. The Morgan fingerprint density at radius 1 is 1.04 bits per heavy atom. The predicted molar refractivity (Wildman–Crippen MR) is 112 cm³/mol. The van der Waals surface area contributed by atoms with E-state index in [1.165, 1.54) is 30.0 Å². The van der Waals surface area contributed by atoms with Crippen molar-refractivity contribution in [1.82, 2.24) is 5.32 Å². The lowest BCUT2D eigenvalue weighted by molar-refractivity contribution is 0.544. The minimum Gasteiger partial charge on any atom is -0.306 e. The molecular weight excluding hydrogens is 380 g/mol. The van der Waals surface area contributed by atoms with Crippen LogP contribution >= 0.6 is 11.6 Å². The first-order valence-electron chi connectivity index (χ1n) is 9.57. The van der Waals surface area contributed by atoms with Crippen molar-refractivity contribution in [3.8, 4) is 0 Å². The summed E-state index contributed by atoms with van der Waals surface area (Å²) in [5, 5.41) is 4.02. The van der Waals surface area contributed by atoms with Gasteiger partial charge in [-0.25, -0.2) is 8.42 Å². The van der Waals surface area contributed by atoms with Gasteiger partial charge >= 0.3 is 0 Å². The van der Waals surface area contributed by atoms with E-state index >= 15 is 0 Å². The quantitative estimate of drug-likeness (QED) is 0.648. The zero-order valence-corrected chi connectivity index (χ0v) is 17.5. The van der Waals surface area contributed by atoms with E-state index in [1.54, 1.807) is 19.2 Å². The van der Waals surface area contributed by atoms with Crippen LogP contribution in [-0.4, -0.2) is 22.0 Å². The highest BCUT2D eigenvalue weighted by Crippen LogP contribution is 2.40. The van der Waals surface area contributed by atoms with Crippen LogP contribution in [0.2, 0.25) is 5.02 Å². The van der Waals surface area contributed by atoms with Crippen molar-refractivity contribution in [1.29, 1.82) is 0 Å². The third-order valence-electron chi connectivity index (χ3n) is 5.14. The smallest absolute Gasteiger partial charge is 0.264 e. The second kappa shape index (κ2) is 8.63. The molecule has 146 valence electrons. The minimum atomic E-state index is -3.66. The second-order valence-electron chi connectivity index (χ2n) is 7.01. The van der Waals surface area contributed by atoms with E-state index in [0.29, 0.717) is 10.7 Å². The number of nitrogens with one attached hydrogen (secondary N) is 1. The molecule has 0 saturated carbocycles. The summed E-state index contributed by atoms with van der Waals surface area (Å²) in [6.07, 6.45) is 5.98. The molecular formula is C21H27ClN2O2S. The SMILES string of the molecule is CCCCCCCN[C@H]1c2ccccc2N(C)S(=O)(=O)c2cc(Cl)ccc21. The fourth-order valence-electron chi connectivity index (χ4n) is 3.63. The highest BCUT2D eigenvalue weighted by Gasteiger charge is 2.34. The van der Waals surface area contributed by atoms with Gasteiger partial charge in [0.25, 0.3) is 10.0 Å².